The van der Waals surface area contributed by atoms with Gasteiger partial charge in [0.1, 0.15) is 0 Å². The van der Waals surface area contributed by atoms with E-state index in [1.54, 1.807) is 0 Å². The van der Waals surface area contributed by atoms with E-state index in [4.69, 9.17) is 0 Å². The fourth-order valence-electron chi connectivity index (χ4n) is 8.58. The standard InChI is InChI=1S/C55H102N4O7/c1-6-8-10-12-14-16-18-20-22-24-26-28-30-32-34-39-53(64)58-50(47(4)61)41-43-52(63)56-45-37-36-38-49(46(3)60)57-55(66)44-42-51(48(5)62)59-54(65)40-35-33-31-29-27-25-23-21-19-17-15-13-11-9-7-2/h49-51H,6-45H2,1-5H3,(H,56,63)(H,57,66)(H,58,64)(H,59,65). The summed E-state index contributed by atoms with van der Waals surface area (Å²) < 4.78 is 0. The van der Waals surface area contributed by atoms with Gasteiger partial charge in [0.15, 0.2) is 17.3 Å². The van der Waals surface area contributed by atoms with E-state index in [9.17, 15) is 33.6 Å². The van der Waals surface area contributed by atoms with Crippen molar-refractivity contribution < 1.29 is 33.6 Å². The van der Waals surface area contributed by atoms with E-state index in [1.807, 2.05) is 0 Å². The maximum Gasteiger partial charge on any atom is 0.220 e. The molecule has 3 unspecified atom stereocenters. The molecule has 4 N–H and O–H groups in total. The van der Waals surface area contributed by atoms with Crippen molar-refractivity contribution in [2.24, 2.45) is 0 Å². The van der Waals surface area contributed by atoms with E-state index in [2.05, 4.69) is 35.1 Å². The second-order valence-electron chi connectivity index (χ2n) is 19.5. The lowest BCUT2D eigenvalue weighted by atomic mass is 10.0. The molecule has 3 atom stereocenters. The largest absolute Gasteiger partial charge is 0.356 e. The van der Waals surface area contributed by atoms with E-state index >= 15 is 0 Å². The van der Waals surface area contributed by atoms with E-state index in [0.29, 0.717) is 38.6 Å². The first kappa shape index (κ1) is 62.9. The highest BCUT2D eigenvalue weighted by atomic mass is 16.2. The summed E-state index contributed by atoms with van der Waals surface area (Å²) >= 11 is 0. The zero-order valence-corrected chi connectivity index (χ0v) is 43.4. The third kappa shape index (κ3) is 41.1. The Hall–Kier alpha value is -3.11. The van der Waals surface area contributed by atoms with Crippen molar-refractivity contribution in [3.63, 3.8) is 0 Å². The Morgan fingerprint density at radius 2 is 0.545 bits per heavy atom. The van der Waals surface area contributed by atoms with Crippen molar-refractivity contribution in [3.05, 3.63) is 0 Å². The van der Waals surface area contributed by atoms with Crippen LogP contribution in [0.4, 0.5) is 0 Å². The van der Waals surface area contributed by atoms with Gasteiger partial charge in [-0.05, 0) is 65.7 Å². The Bertz CT molecular complexity index is 1270. The number of nitrogens with one attached hydrogen (secondary N) is 4. The number of amides is 4. The number of ketones is 3. The van der Waals surface area contributed by atoms with Crippen LogP contribution in [-0.4, -0.2) is 65.6 Å². The first-order chi connectivity index (χ1) is 31.9. The second-order valence-corrected chi connectivity index (χ2v) is 19.5. The van der Waals surface area contributed by atoms with E-state index in [-0.39, 0.29) is 66.7 Å². The molecule has 0 aromatic heterocycles. The Kier molecular flexibility index (Phi) is 43.5. The molecule has 11 nitrogen and oxygen atoms in total. The van der Waals surface area contributed by atoms with E-state index < -0.39 is 18.1 Å². The van der Waals surface area contributed by atoms with Crippen LogP contribution >= 0.6 is 0 Å². The molecular formula is C55H102N4O7. The van der Waals surface area contributed by atoms with Gasteiger partial charge in [-0.25, -0.2) is 0 Å². The normalized spacial score (nSPS) is 12.6. The van der Waals surface area contributed by atoms with Crippen molar-refractivity contribution in [1.29, 1.82) is 0 Å². The summed E-state index contributed by atoms with van der Waals surface area (Å²) in [6, 6.07) is -2.12. The number of hydrogen-bond acceptors (Lipinski definition) is 7. The average Bonchev–Trinajstić information content (AvgIpc) is 3.28. The quantitative estimate of drug-likeness (QED) is 0.0440. The third-order valence-corrected chi connectivity index (χ3v) is 13.1. The summed E-state index contributed by atoms with van der Waals surface area (Å²) in [7, 11) is 0. The summed E-state index contributed by atoms with van der Waals surface area (Å²) in [5.41, 5.74) is 0. The SMILES string of the molecule is CCCCCCCCCCCCCCCCCC(=O)NC(CCC(=O)NCCCCC(NC(=O)CCC(NC(=O)CCCCCCCCCCCCCCCCC)C(C)=O)C(C)=O)C(C)=O. The Morgan fingerprint density at radius 3 is 0.848 bits per heavy atom. The van der Waals surface area contributed by atoms with Crippen LogP contribution < -0.4 is 21.3 Å². The van der Waals surface area contributed by atoms with Gasteiger partial charge < -0.3 is 21.3 Å². The highest BCUT2D eigenvalue weighted by Crippen LogP contribution is 2.16. The zero-order valence-electron chi connectivity index (χ0n) is 43.4. The van der Waals surface area contributed by atoms with Crippen LogP contribution in [0.1, 0.15) is 285 Å². The number of carbonyl (C=O) groups excluding carboxylic acids is 7. The van der Waals surface area contributed by atoms with E-state index in [0.717, 1.165) is 38.5 Å². The van der Waals surface area contributed by atoms with Gasteiger partial charge in [0.2, 0.25) is 23.6 Å². The number of carbonyl (C=O) groups is 7. The molecule has 0 bridgehead atoms. The molecule has 0 fully saturated rings. The summed E-state index contributed by atoms with van der Waals surface area (Å²) in [6.45, 7) is 9.17. The molecule has 0 radical (unpaired) electrons. The minimum absolute atomic E-state index is 0.00451. The maximum absolute atomic E-state index is 12.8. The number of hydrogen-bond donors (Lipinski definition) is 4. The minimum Gasteiger partial charge on any atom is -0.356 e. The van der Waals surface area contributed by atoms with Crippen LogP contribution in [0.15, 0.2) is 0 Å². The topological polar surface area (TPSA) is 168 Å². The van der Waals surface area contributed by atoms with Crippen LogP contribution in [0.3, 0.4) is 0 Å². The summed E-state index contributed by atoms with van der Waals surface area (Å²) in [5.74, 6) is -1.44. The monoisotopic (exact) mass is 931 g/mol. The summed E-state index contributed by atoms with van der Waals surface area (Å²) in [5, 5.41) is 11.3. The molecule has 11 heteroatoms. The Balaban J connectivity index is 4.15. The third-order valence-electron chi connectivity index (χ3n) is 13.1. The molecule has 0 rings (SSSR count). The Morgan fingerprint density at radius 1 is 0.288 bits per heavy atom. The van der Waals surface area contributed by atoms with Gasteiger partial charge in [-0.15, -0.1) is 0 Å². The second kappa shape index (κ2) is 45.7. The lowest BCUT2D eigenvalue weighted by Crippen LogP contribution is -2.43. The first-order valence-electron chi connectivity index (χ1n) is 27.6. The Labute approximate surface area is 404 Å². The molecule has 0 spiro atoms. The molecule has 4 amide bonds. The maximum atomic E-state index is 12.8. The van der Waals surface area contributed by atoms with Crippen LogP contribution in [-0.2, 0) is 33.6 Å². The predicted octanol–water partition coefficient (Wildman–Crippen LogP) is 12.6. The van der Waals surface area contributed by atoms with Gasteiger partial charge in [-0.1, -0.05) is 194 Å². The molecule has 0 aromatic rings. The summed E-state index contributed by atoms with van der Waals surface area (Å²) in [4.78, 5) is 87.3. The van der Waals surface area contributed by atoms with Gasteiger partial charge in [-0.2, -0.15) is 0 Å². The van der Waals surface area contributed by atoms with E-state index in [1.165, 1.54) is 175 Å². The van der Waals surface area contributed by atoms with Crippen molar-refractivity contribution in [1.82, 2.24) is 21.3 Å². The van der Waals surface area contributed by atoms with Crippen molar-refractivity contribution in [3.8, 4) is 0 Å². The molecule has 0 aliphatic rings. The first-order valence-corrected chi connectivity index (χ1v) is 27.6. The highest BCUT2D eigenvalue weighted by molar-refractivity contribution is 5.90. The molecule has 0 heterocycles. The molecule has 384 valence electrons. The lowest BCUT2D eigenvalue weighted by molar-refractivity contribution is -0.129. The number of rotatable bonds is 49. The lowest BCUT2D eigenvalue weighted by Gasteiger charge is -2.18. The fraction of sp³-hybridized carbons (Fsp3) is 0.873. The highest BCUT2D eigenvalue weighted by Gasteiger charge is 2.22. The molecule has 0 saturated carbocycles. The number of Topliss-reactive ketones (excluding diaryl/α,β-unsaturated/α-hetero) is 3. The van der Waals surface area contributed by atoms with Crippen LogP contribution in [0, 0.1) is 0 Å². The fourth-order valence-corrected chi connectivity index (χ4v) is 8.58. The number of unbranched alkanes of at least 4 members (excludes halogenated alkanes) is 29. The van der Waals surface area contributed by atoms with Gasteiger partial charge >= 0.3 is 0 Å². The molecule has 66 heavy (non-hydrogen) atoms. The smallest absolute Gasteiger partial charge is 0.220 e. The molecule has 0 aliphatic heterocycles. The zero-order chi connectivity index (χ0) is 48.9. The van der Waals surface area contributed by atoms with Gasteiger partial charge in [0.05, 0.1) is 18.1 Å². The van der Waals surface area contributed by atoms with Crippen LogP contribution in [0.25, 0.3) is 0 Å². The van der Waals surface area contributed by atoms with Crippen LogP contribution in [0.2, 0.25) is 0 Å². The van der Waals surface area contributed by atoms with Gasteiger partial charge in [-0.3, -0.25) is 33.6 Å². The van der Waals surface area contributed by atoms with Gasteiger partial charge in [0.25, 0.3) is 0 Å². The predicted molar refractivity (Wildman–Crippen MR) is 272 cm³/mol. The van der Waals surface area contributed by atoms with Gasteiger partial charge in [0, 0.05) is 32.2 Å². The molecular weight excluding hydrogens is 829 g/mol. The molecule has 0 aromatic carbocycles. The average molecular weight is 931 g/mol. The van der Waals surface area contributed by atoms with Crippen molar-refractivity contribution in [2.75, 3.05) is 6.54 Å². The molecule has 0 aliphatic carbocycles. The summed E-state index contributed by atoms with van der Waals surface area (Å²) in [6.07, 6.45) is 40.5. The molecule has 0 saturated heterocycles. The van der Waals surface area contributed by atoms with Crippen LogP contribution in [0.5, 0.6) is 0 Å². The minimum atomic E-state index is -0.746. The van der Waals surface area contributed by atoms with Crippen molar-refractivity contribution >= 4 is 41.0 Å². The van der Waals surface area contributed by atoms with Crippen molar-refractivity contribution in [2.45, 2.75) is 303 Å².